The molecule has 4 nitrogen and oxygen atoms in total. The summed E-state index contributed by atoms with van der Waals surface area (Å²) in [5, 5.41) is 1.36. The zero-order valence-electron chi connectivity index (χ0n) is 12.1. The van der Waals surface area contributed by atoms with Crippen molar-refractivity contribution < 1.29 is 0 Å². The number of hydrogen-bond acceptors (Lipinski definition) is 3. The maximum atomic E-state index is 6.49. The zero-order valence-corrected chi connectivity index (χ0v) is 12.9. The number of nitrogens with one attached hydrogen (secondary N) is 1. The highest BCUT2D eigenvalue weighted by molar-refractivity contribution is 6.33. The Morgan fingerprint density at radius 2 is 1.83 bits per heavy atom. The summed E-state index contributed by atoms with van der Waals surface area (Å²) in [5.41, 5.74) is 10.3. The molecule has 3 N–H and O–H groups in total. The predicted octanol–water partition coefficient (Wildman–Crippen LogP) is 4.53. The van der Waals surface area contributed by atoms with Gasteiger partial charge in [-0.3, -0.25) is 0 Å². The van der Waals surface area contributed by atoms with Crippen LogP contribution in [0.3, 0.4) is 0 Å². The number of halogens is 1. The molecule has 0 radical (unpaired) electrons. The normalized spacial score (nSPS) is 11.0. The van der Waals surface area contributed by atoms with Gasteiger partial charge < -0.3 is 10.7 Å². The van der Waals surface area contributed by atoms with Crippen LogP contribution < -0.4 is 5.73 Å². The largest absolute Gasteiger partial charge is 0.399 e. The molecular weight excluding hydrogens is 308 g/mol. The fraction of sp³-hybridized carbons (Fsp3) is 0. The summed E-state index contributed by atoms with van der Waals surface area (Å²) in [6, 6.07) is 15.7. The van der Waals surface area contributed by atoms with E-state index in [1.165, 1.54) is 0 Å². The second kappa shape index (κ2) is 5.41. The molecule has 0 atom stereocenters. The highest BCUT2D eigenvalue weighted by Gasteiger charge is 2.18. The minimum atomic E-state index is 0.413. The molecule has 0 bridgehead atoms. The maximum Gasteiger partial charge on any atom is 0.141 e. The van der Waals surface area contributed by atoms with Gasteiger partial charge in [-0.1, -0.05) is 41.9 Å². The number of aromatic nitrogens is 3. The summed E-state index contributed by atoms with van der Waals surface area (Å²) in [6.07, 6.45) is 3.47. The predicted molar refractivity (Wildman–Crippen MR) is 94.2 cm³/mol. The van der Waals surface area contributed by atoms with Crippen molar-refractivity contribution in [3.8, 4) is 22.5 Å². The Bertz CT molecular complexity index is 979. The topological polar surface area (TPSA) is 67.6 Å². The van der Waals surface area contributed by atoms with E-state index in [1.807, 2.05) is 48.5 Å². The van der Waals surface area contributed by atoms with Crippen molar-refractivity contribution in [3.05, 3.63) is 66.1 Å². The third-order valence-electron chi connectivity index (χ3n) is 3.76. The van der Waals surface area contributed by atoms with E-state index in [1.54, 1.807) is 12.4 Å². The SMILES string of the molecule is Nc1ccc2nc(Cl)c(-c3ncc[nH]3)c(-c3ccccc3)c2c1. The van der Waals surface area contributed by atoms with Crippen molar-refractivity contribution in [1.29, 1.82) is 0 Å². The molecule has 0 spiro atoms. The third-order valence-corrected chi connectivity index (χ3v) is 4.04. The standard InChI is InChI=1S/C18H13ClN4/c19-17-16(18-21-8-9-22-18)15(11-4-2-1-3-5-11)13-10-12(20)6-7-14(13)23-17/h1-10H,20H2,(H,21,22). The van der Waals surface area contributed by atoms with Gasteiger partial charge >= 0.3 is 0 Å². The van der Waals surface area contributed by atoms with Crippen molar-refractivity contribution in [2.75, 3.05) is 5.73 Å². The second-order valence-electron chi connectivity index (χ2n) is 5.23. The lowest BCUT2D eigenvalue weighted by atomic mass is 9.95. The van der Waals surface area contributed by atoms with Gasteiger partial charge in [0.2, 0.25) is 0 Å². The second-order valence-corrected chi connectivity index (χ2v) is 5.59. The smallest absolute Gasteiger partial charge is 0.141 e. The first kappa shape index (κ1) is 13.8. The van der Waals surface area contributed by atoms with Crippen LogP contribution in [0.4, 0.5) is 5.69 Å². The zero-order chi connectivity index (χ0) is 15.8. The lowest BCUT2D eigenvalue weighted by Gasteiger charge is -2.14. The Labute approximate surface area is 138 Å². The van der Waals surface area contributed by atoms with Crippen LogP contribution in [0.25, 0.3) is 33.4 Å². The Hall–Kier alpha value is -2.85. The third kappa shape index (κ3) is 2.33. The summed E-state index contributed by atoms with van der Waals surface area (Å²) in [6.45, 7) is 0. The average molecular weight is 321 g/mol. The molecule has 4 rings (SSSR count). The van der Waals surface area contributed by atoms with E-state index in [0.717, 1.165) is 27.6 Å². The van der Waals surface area contributed by atoms with Gasteiger partial charge in [-0.2, -0.15) is 0 Å². The Balaban J connectivity index is 2.18. The number of H-pyrrole nitrogens is 1. The quantitative estimate of drug-likeness (QED) is 0.421. The molecule has 0 aliphatic rings. The summed E-state index contributed by atoms with van der Waals surface area (Å²) in [7, 11) is 0. The fourth-order valence-corrected chi connectivity index (χ4v) is 3.05. The van der Waals surface area contributed by atoms with Crippen molar-refractivity contribution in [2.24, 2.45) is 0 Å². The van der Waals surface area contributed by atoms with Gasteiger partial charge in [0.05, 0.1) is 11.1 Å². The number of rotatable bonds is 2. The Morgan fingerprint density at radius 1 is 1.00 bits per heavy atom. The summed E-state index contributed by atoms with van der Waals surface area (Å²) in [4.78, 5) is 12.0. The van der Waals surface area contributed by atoms with E-state index in [0.29, 0.717) is 16.7 Å². The first-order chi connectivity index (χ1) is 11.2. The molecule has 2 aromatic carbocycles. The number of fused-ring (bicyclic) bond motifs is 1. The highest BCUT2D eigenvalue weighted by Crippen LogP contribution is 2.40. The molecular formula is C18H13ClN4. The van der Waals surface area contributed by atoms with E-state index in [-0.39, 0.29) is 0 Å². The number of nitrogens with two attached hydrogens (primary N) is 1. The monoisotopic (exact) mass is 320 g/mol. The summed E-state index contributed by atoms with van der Waals surface area (Å²) in [5.74, 6) is 0.686. The van der Waals surface area contributed by atoms with E-state index in [9.17, 15) is 0 Å². The van der Waals surface area contributed by atoms with Crippen molar-refractivity contribution >= 4 is 28.2 Å². The maximum absolute atomic E-state index is 6.49. The van der Waals surface area contributed by atoms with Crippen molar-refractivity contribution in [3.63, 3.8) is 0 Å². The van der Waals surface area contributed by atoms with E-state index < -0.39 is 0 Å². The number of anilines is 1. The first-order valence-electron chi connectivity index (χ1n) is 7.18. The van der Waals surface area contributed by atoms with Gasteiger partial charge in [0.1, 0.15) is 11.0 Å². The summed E-state index contributed by atoms with van der Waals surface area (Å²) >= 11 is 6.49. The number of nitrogens with zero attached hydrogens (tertiary/aromatic N) is 2. The van der Waals surface area contributed by atoms with Gasteiger partial charge in [-0.15, -0.1) is 0 Å². The van der Waals surface area contributed by atoms with Crippen LogP contribution >= 0.6 is 11.6 Å². The molecule has 2 aromatic heterocycles. The molecule has 0 aliphatic heterocycles. The fourth-order valence-electron chi connectivity index (χ4n) is 2.77. The molecule has 0 fully saturated rings. The van der Waals surface area contributed by atoms with Crippen LogP contribution in [-0.4, -0.2) is 15.0 Å². The average Bonchev–Trinajstić information content (AvgIpc) is 3.09. The molecule has 0 saturated carbocycles. The van der Waals surface area contributed by atoms with Crippen LogP contribution in [0.1, 0.15) is 0 Å². The summed E-state index contributed by atoms with van der Waals surface area (Å²) < 4.78 is 0. The molecule has 0 unspecified atom stereocenters. The molecule has 5 heteroatoms. The number of hydrogen-bond donors (Lipinski definition) is 2. The van der Waals surface area contributed by atoms with Gasteiger partial charge in [-0.05, 0) is 23.8 Å². The van der Waals surface area contributed by atoms with E-state index in [2.05, 4.69) is 15.0 Å². The molecule has 23 heavy (non-hydrogen) atoms. The number of pyridine rings is 1. The highest BCUT2D eigenvalue weighted by atomic mass is 35.5. The first-order valence-corrected chi connectivity index (χ1v) is 7.56. The molecule has 4 aromatic rings. The number of imidazole rings is 1. The van der Waals surface area contributed by atoms with E-state index >= 15 is 0 Å². The number of benzene rings is 2. The molecule has 112 valence electrons. The van der Waals surface area contributed by atoms with Crippen LogP contribution in [0.5, 0.6) is 0 Å². The molecule has 2 heterocycles. The lowest BCUT2D eigenvalue weighted by Crippen LogP contribution is -1.95. The number of nitrogen functional groups attached to an aromatic ring is 1. The Kier molecular flexibility index (Phi) is 3.24. The molecule has 0 aliphatic carbocycles. The number of aromatic amines is 1. The van der Waals surface area contributed by atoms with Crippen LogP contribution in [0, 0.1) is 0 Å². The van der Waals surface area contributed by atoms with Gasteiger partial charge in [0.25, 0.3) is 0 Å². The molecule has 0 amide bonds. The van der Waals surface area contributed by atoms with Gasteiger partial charge in [-0.25, -0.2) is 9.97 Å². The van der Waals surface area contributed by atoms with Crippen molar-refractivity contribution in [1.82, 2.24) is 15.0 Å². The van der Waals surface area contributed by atoms with Crippen molar-refractivity contribution in [2.45, 2.75) is 0 Å². The van der Waals surface area contributed by atoms with Crippen LogP contribution in [0.15, 0.2) is 60.9 Å². The molecule has 0 saturated heterocycles. The van der Waals surface area contributed by atoms with E-state index in [4.69, 9.17) is 17.3 Å². The van der Waals surface area contributed by atoms with Gasteiger partial charge in [0.15, 0.2) is 0 Å². The lowest BCUT2D eigenvalue weighted by molar-refractivity contribution is 1.29. The van der Waals surface area contributed by atoms with Crippen LogP contribution in [0.2, 0.25) is 5.15 Å². The minimum Gasteiger partial charge on any atom is -0.399 e. The Morgan fingerprint density at radius 3 is 2.57 bits per heavy atom. The van der Waals surface area contributed by atoms with Crippen LogP contribution in [-0.2, 0) is 0 Å². The van der Waals surface area contributed by atoms with Gasteiger partial charge in [0, 0.05) is 29.0 Å². The minimum absolute atomic E-state index is 0.413.